The Morgan fingerprint density at radius 1 is 1.67 bits per heavy atom. The molecule has 2 rings (SSSR count). The first kappa shape index (κ1) is 10.2. The van der Waals surface area contributed by atoms with Crippen molar-refractivity contribution in [3.8, 4) is 0 Å². The number of nitrogens with zero attached hydrogens (tertiary/aromatic N) is 2. The van der Waals surface area contributed by atoms with E-state index in [4.69, 9.17) is 0 Å². The molecule has 0 spiro atoms. The number of aromatic nitrogens is 2. The molecule has 5 nitrogen and oxygen atoms in total. The van der Waals surface area contributed by atoms with Crippen molar-refractivity contribution in [2.75, 3.05) is 25.0 Å². The van der Waals surface area contributed by atoms with Gasteiger partial charge in [0.05, 0.1) is 6.54 Å². The van der Waals surface area contributed by atoms with E-state index < -0.39 is 0 Å². The summed E-state index contributed by atoms with van der Waals surface area (Å²) in [4.78, 5) is 13.7. The van der Waals surface area contributed by atoms with Crippen molar-refractivity contribution < 1.29 is 4.79 Å². The first-order valence-electron chi connectivity index (χ1n) is 5.22. The highest BCUT2D eigenvalue weighted by atomic mass is 16.1. The SMILES string of the molecule is CC(C)Nc1cc(C(=O)CN2CC2)[nH]n1. The molecule has 1 fully saturated rings. The van der Waals surface area contributed by atoms with Crippen LogP contribution in [0.25, 0.3) is 0 Å². The van der Waals surface area contributed by atoms with Crippen LogP contribution in [0.15, 0.2) is 6.07 Å². The summed E-state index contributed by atoms with van der Waals surface area (Å²) in [5, 5.41) is 9.93. The maximum absolute atomic E-state index is 11.7. The molecule has 0 aliphatic carbocycles. The van der Waals surface area contributed by atoms with E-state index in [2.05, 4.69) is 20.4 Å². The van der Waals surface area contributed by atoms with Crippen LogP contribution in [-0.4, -0.2) is 46.6 Å². The van der Waals surface area contributed by atoms with Crippen LogP contribution in [0, 0.1) is 0 Å². The van der Waals surface area contributed by atoms with Gasteiger partial charge in [0.2, 0.25) is 0 Å². The number of carbonyl (C=O) groups excluding carboxylic acids is 1. The summed E-state index contributed by atoms with van der Waals surface area (Å²) in [6.07, 6.45) is 0. The van der Waals surface area contributed by atoms with E-state index in [0.717, 1.165) is 18.9 Å². The quantitative estimate of drug-likeness (QED) is 0.553. The molecule has 0 saturated carbocycles. The molecule has 0 bridgehead atoms. The van der Waals surface area contributed by atoms with Crippen LogP contribution < -0.4 is 5.32 Å². The molecule has 1 aliphatic rings. The summed E-state index contributed by atoms with van der Waals surface area (Å²) in [6, 6.07) is 2.09. The fraction of sp³-hybridized carbons (Fsp3) is 0.600. The number of Topliss-reactive ketones (excluding diaryl/α,β-unsaturated/α-hetero) is 1. The zero-order chi connectivity index (χ0) is 10.8. The molecule has 0 amide bonds. The molecular formula is C10H16N4O. The minimum Gasteiger partial charge on any atom is -0.366 e. The van der Waals surface area contributed by atoms with E-state index in [-0.39, 0.29) is 5.78 Å². The minimum atomic E-state index is 0.108. The van der Waals surface area contributed by atoms with E-state index in [1.54, 1.807) is 6.07 Å². The van der Waals surface area contributed by atoms with Crippen LogP contribution in [-0.2, 0) is 0 Å². The second-order valence-corrected chi connectivity index (χ2v) is 4.17. The van der Waals surface area contributed by atoms with Crippen LogP contribution in [0.4, 0.5) is 5.82 Å². The van der Waals surface area contributed by atoms with Crippen molar-refractivity contribution in [1.29, 1.82) is 0 Å². The average molecular weight is 208 g/mol. The Morgan fingerprint density at radius 2 is 2.40 bits per heavy atom. The van der Waals surface area contributed by atoms with Crippen molar-refractivity contribution in [3.05, 3.63) is 11.8 Å². The predicted octanol–water partition coefficient (Wildman–Crippen LogP) is 0.728. The molecule has 1 aromatic rings. The molecule has 2 heterocycles. The van der Waals surface area contributed by atoms with Gasteiger partial charge in [-0.3, -0.25) is 14.8 Å². The van der Waals surface area contributed by atoms with Crippen LogP contribution >= 0.6 is 0 Å². The van der Waals surface area contributed by atoms with Gasteiger partial charge in [0, 0.05) is 25.2 Å². The zero-order valence-electron chi connectivity index (χ0n) is 9.08. The Labute approximate surface area is 88.8 Å². The average Bonchev–Trinajstić information content (AvgIpc) is 2.83. The number of hydrogen-bond acceptors (Lipinski definition) is 4. The third-order valence-corrected chi connectivity index (χ3v) is 2.22. The first-order chi connectivity index (χ1) is 7.15. The fourth-order valence-electron chi connectivity index (χ4n) is 1.35. The number of rotatable bonds is 5. The van der Waals surface area contributed by atoms with Crippen molar-refractivity contribution in [3.63, 3.8) is 0 Å². The molecule has 5 heteroatoms. The summed E-state index contributed by atoms with van der Waals surface area (Å²) in [7, 11) is 0. The first-order valence-corrected chi connectivity index (χ1v) is 5.22. The van der Waals surface area contributed by atoms with Gasteiger partial charge in [0.15, 0.2) is 5.78 Å². The van der Waals surface area contributed by atoms with E-state index in [1.165, 1.54) is 0 Å². The molecule has 1 aliphatic heterocycles. The highest BCUT2D eigenvalue weighted by Crippen LogP contribution is 2.10. The smallest absolute Gasteiger partial charge is 0.194 e. The second kappa shape index (κ2) is 4.02. The zero-order valence-corrected chi connectivity index (χ0v) is 9.08. The van der Waals surface area contributed by atoms with Gasteiger partial charge >= 0.3 is 0 Å². The highest BCUT2D eigenvalue weighted by Gasteiger charge is 2.22. The van der Waals surface area contributed by atoms with Gasteiger partial charge in [-0.1, -0.05) is 0 Å². The lowest BCUT2D eigenvalue weighted by Crippen LogP contribution is -2.13. The number of nitrogens with one attached hydrogen (secondary N) is 2. The second-order valence-electron chi connectivity index (χ2n) is 4.17. The lowest BCUT2D eigenvalue weighted by Gasteiger charge is -2.04. The standard InChI is InChI=1S/C10H16N4O/c1-7(2)11-10-5-8(12-13-10)9(15)6-14-3-4-14/h5,7H,3-4,6H2,1-2H3,(H2,11,12,13). The Kier molecular flexibility index (Phi) is 2.73. The number of hydrogen-bond donors (Lipinski definition) is 2. The Morgan fingerprint density at radius 3 is 3.00 bits per heavy atom. The maximum Gasteiger partial charge on any atom is 0.194 e. The molecule has 1 aromatic heterocycles. The van der Waals surface area contributed by atoms with Gasteiger partial charge in [-0.05, 0) is 13.8 Å². The molecular weight excluding hydrogens is 192 g/mol. The van der Waals surface area contributed by atoms with Crippen LogP contribution in [0.3, 0.4) is 0 Å². The summed E-state index contributed by atoms with van der Waals surface area (Å²) in [5.74, 6) is 0.843. The third kappa shape index (κ3) is 2.79. The minimum absolute atomic E-state index is 0.108. The number of ketones is 1. The predicted molar refractivity (Wildman–Crippen MR) is 58.1 cm³/mol. The highest BCUT2D eigenvalue weighted by molar-refractivity contribution is 5.96. The normalized spacial score (nSPS) is 15.7. The fourth-order valence-corrected chi connectivity index (χ4v) is 1.35. The molecule has 82 valence electrons. The van der Waals surface area contributed by atoms with Crippen molar-refractivity contribution in [2.24, 2.45) is 0 Å². The number of H-pyrrole nitrogens is 1. The number of carbonyl (C=O) groups is 1. The van der Waals surface area contributed by atoms with Gasteiger partial charge in [0.1, 0.15) is 11.5 Å². The summed E-state index contributed by atoms with van der Waals surface area (Å²) in [5.41, 5.74) is 0.588. The van der Waals surface area contributed by atoms with Crippen LogP contribution in [0.5, 0.6) is 0 Å². The maximum atomic E-state index is 11.7. The lowest BCUT2D eigenvalue weighted by molar-refractivity contribution is 0.0969. The van der Waals surface area contributed by atoms with Gasteiger partial charge in [-0.2, -0.15) is 5.10 Å². The molecule has 2 N–H and O–H groups in total. The van der Waals surface area contributed by atoms with Gasteiger partial charge in [-0.15, -0.1) is 0 Å². The molecule has 0 aromatic carbocycles. The topological polar surface area (TPSA) is 60.8 Å². The largest absolute Gasteiger partial charge is 0.366 e. The Bertz CT molecular complexity index is 354. The lowest BCUT2D eigenvalue weighted by atomic mass is 10.3. The van der Waals surface area contributed by atoms with E-state index in [0.29, 0.717) is 18.3 Å². The monoisotopic (exact) mass is 208 g/mol. The number of anilines is 1. The summed E-state index contributed by atoms with van der Waals surface area (Å²) in [6.45, 7) is 6.65. The van der Waals surface area contributed by atoms with E-state index in [9.17, 15) is 4.79 Å². The van der Waals surface area contributed by atoms with Crippen molar-refractivity contribution >= 4 is 11.6 Å². The van der Waals surface area contributed by atoms with E-state index in [1.807, 2.05) is 13.8 Å². The van der Waals surface area contributed by atoms with Gasteiger partial charge in [0.25, 0.3) is 0 Å². The number of aromatic amines is 1. The van der Waals surface area contributed by atoms with Crippen LogP contribution in [0.2, 0.25) is 0 Å². The molecule has 0 unspecified atom stereocenters. The van der Waals surface area contributed by atoms with Crippen LogP contribution in [0.1, 0.15) is 24.3 Å². The Balaban J connectivity index is 1.95. The Hall–Kier alpha value is -1.36. The van der Waals surface area contributed by atoms with Gasteiger partial charge < -0.3 is 5.32 Å². The summed E-state index contributed by atoms with van der Waals surface area (Å²) >= 11 is 0. The van der Waals surface area contributed by atoms with E-state index >= 15 is 0 Å². The molecule has 0 radical (unpaired) electrons. The van der Waals surface area contributed by atoms with Crippen molar-refractivity contribution in [2.45, 2.75) is 19.9 Å². The van der Waals surface area contributed by atoms with Crippen molar-refractivity contribution in [1.82, 2.24) is 15.1 Å². The third-order valence-electron chi connectivity index (χ3n) is 2.22. The molecule has 0 atom stereocenters. The van der Waals surface area contributed by atoms with Gasteiger partial charge in [-0.25, -0.2) is 0 Å². The summed E-state index contributed by atoms with van der Waals surface area (Å²) < 4.78 is 0. The molecule has 1 saturated heterocycles. The molecule has 15 heavy (non-hydrogen) atoms.